The van der Waals surface area contributed by atoms with Crippen LogP contribution >= 0.6 is 0 Å². The third-order valence-corrected chi connectivity index (χ3v) is 6.34. The van der Waals surface area contributed by atoms with E-state index < -0.39 is 5.97 Å². The molecule has 0 saturated carbocycles. The van der Waals surface area contributed by atoms with Gasteiger partial charge in [-0.15, -0.1) is 0 Å². The van der Waals surface area contributed by atoms with Gasteiger partial charge in [0.15, 0.2) is 5.82 Å². The molecule has 1 aliphatic heterocycles. The lowest BCUT2D eigenvalue weighted by Crippen LogP contribution is -2.20. The summed E-state index contributed by atoms with van der Waals surface area (Å²) < 4.78 is 6.12. The number of fused-ring (bicyclic) bond motifs is 3. The van der Waals surface area contributed by atoms with Crippen LogP contribution in [-0.4, -0.2) is 40.1 Å². The molecular weight excluding hydrogens is 468 g/mol. The summed E-state index contributed by atoms with van der Waals surface area (Å²) in [5.74, 6) is 0.765. The van der Waals surface area contributed by atoms with Crippen LogP contribution < -0.4 is 15.0 Å². The van der Waals surface area contributed by atoms with Crippen molar-refractivity contribution in [2.75, 3.05) is 23.4 Å². The summed E-state index contributed by atoms with van der Waals surface area (Å²) in [7, 11) is 0. The van der Waals surface area contributed by atoms with Gasteiger partial charge in [-0.2, -0.15) is 0 Å². The number of nitrogens with zero attached hydrogens (tertiary/aromatic N) is 3. The molecule has 1 aliphatic rings. The Hall–Kier alpha value is -4.72. The molecule has 0 atom stereocenters. The lowest BCUT2D eigenvalue weighted by atomic mass is 10.0. The van der Waals surface area contributed by atoms with Gasteiger partial charge < -0.3 is 20.1 Å². The zero-order chi connectivity index (χ0) is 25.9. The Morgan fingerprint density at radius 3 is 2.73 bits per heavy atom. The van der Waals surface area contributed by atoms with Gasteiger partial charge in [0.25, 0.3) is 5.91 Å². The highest BCUT2D eigenvalue weighted by atomic mass is 16.5. The number of rotatable bonds is 7. The molecule has 2 aromatic heterocycles. The number of hydrogen-bond donors (Lipinski definition) is 2. The fraction of sp³-hybridized carbons (Fsp3) is 0.172. The van der Waals surface area contributed by atoms with Gasteiger partial charge in [-0.25, -0.2) is 14.8 Å². The van der Waals surface area contributed by atoms with E-state index in [1.54, 1.807) is 18.5 Å². The number of aromatic nitrogens is 2. The van der Waals surface area contributed by atoms with Crippen LogP contribution in [0.1, 0.15) is 34.0 Å². The van der Waals surface area contributed by atoms with Crippen molar-refractivity contribution in [1.82, 2.24) is 9.97 Å². The first-order chi connectivity index (χ1) is 18.0. The molecule has 0 bridgehead atoms. The Labute approximate surface area is 214 Å². The molecular formula is C29H26N4O4. The van der Waals surface area contributed by atoms with Crippen molar-refractivity contribution in [2.24, 2.45) is 0 Å². The van der Waals surface area contributed by atoms with Crippen LogP contribution in [-0.2, 0) is 11.2 Å². The molecule has 0 unspecified atom stereocenters. The van der Waals surface area contributed by atoms with Gasteiger partial charge in [0.05, 0.1) is 17.9 Å². The standard InChI is InChI=1S/C29H26N4O4/c1-3-33-27-23(29(36)32-26-18(2)12-14-30-28(26)33)16-19(17-31-27)13-15-37-24-9-5-7-21-20(10-11-25(34)35)6-4-8-22(21)24/h4-12,14,16-17H,3,13,15H2,1-2H3,(H,32,36)(H,34,35)/b11-10+. The third-order valence-electron chi connectivity index (χ3n) is 6.34. The molecule has 0 spiro atoms. The monoisotopic (exact) mass is 494 g/mol. The first-order valence-electron chi connectivity index (χ1n) is 12.0. The Bertz CT molecular complexity index is 1550. The normalized spacial score (nSPS) is 12.7. The number of carbonyl (C=O) groups is 2. The van der Waals surface area contributed by atoms with E-state index in [1.807, 2.05) is 67.3 Å². The van der Waals surface area contributed by atoms with Crippen LogP contribution in [0.2, 0.25) is 0 Å². The maximum atomic E-state index is 13.1. The first-order valence-corrected chi connectivity index (χ1v) is 12.0. The predicted octanol–water partition coefficient (Wildman–Crippen LogP) is 5.38. The van der Waals surface area contributed by atoms with E-state index in [1.165, 1.54) is 0 Å². The van der Waals surface area contributed by atoms with Crippen LogP contribution in [0, 0.1) is 6.92 Å². The lowest BCUT2D eigenvalue weighted by Gasteiger charge is -2.22. The number of anilines is 3. The van der Waals surface area contributed by atoms with Gasteiger partial charge >= 0.3 is 5.97 Å². The average Bonchev–Trinajstić information content (AvgIpc) is 3.02. The number of aryl methyl sites for hydroxylation is 1. The highest BCUT2D eigenvalue weighted by molar-refractivity contribution is 6.11. The Balaban J connectivity index is 1.37. The van der Waals surface area contributed by atoms with Crippen LogP contribution in [0.5, 0.6) is 5.75 Å². The van der Waals surface area contributed by atoms with Crippen molar-refractivity contribution < 1.29 is 19.4 Å². The zero-order valence-corrected chi connectivity index (χ0v) is 20.6. The van der Waals surface area contributed by atoms with E-state index in [4.69, 9.17) is 9.84 Å². The molecule has 0 fully saturated rings. The molecule has 3 heterocycles. The summed E-state index contributed by atoms with van der Waals surface area (Å²) in [5, 5.41) is 13.8. The number of amides is 1. The third kappa shape index (κ3) is 4.73. The van der Waals surface area contributed by atoms with Crippen molar-refractivity contribution in [3.05, 3.63) is 89.3 Å². The number of nitrogens with one attached hydrogen (secondary N) is 1. The highest BCUT2D eigenvalue weighted by Gasteiger charge is 2.27. The highest BCUT2D eigenvalue weighted by Crippen LogP contribution is 2.37. The molecule has 8 nitrogen and oxygen atoms in total. The van der Waals surface area contributed by atoms with E-state index in [2.05, 4.69) is 15.3 Å². The average molecular weight is 495 g/mol. The fourth-order valence-corrected chi connectivity index (χ4v) is 4.52. The molecule has 2 aromatic carbocycles. The number of carboxylic acids is 1. The van der Waals surface area contributed by atoms with Crippen LogP contribution in [0.3, 0.4) is 0 Å². The number of benzene rings is 2. The van der Waals surface area contributed by atoms with Gasteiger partial charge in [0.1, 0.15) is 11.6 Å². The predicted molar refractivity (Wildman–Crippen MR) is 144 cm³/mol. The first kappa shape index (κ1) is 24.0. The van der Waals surface area contributed by atoms with Gasteiger partial charge in [0.2, 0.25) is 0 Å². The summed E-state index contributed by atoms with van der Waals surface area (Å²) in [6, 6.07) is 15.1. The summed E-state index contributed by atoms with van der Waals surface area (Å²) in [5.41, 5.74) is 3.82. The number of pyridine rings is 2. The summed E-state index contributed by atoms with van der Waals surface area (Å²) >= 11 is 0. The minimum Gasteiger partial charge on any atom is -0.493 e. The maximum Gasteiger partial charge on any atom is 0.328 e. The number of aliphatic carboxylic acids is 1. The quantitative estimate of drug-likeness (QED) is 0.332. The van der Waals surface area contributed by atoms with Gasteiger partial charge in [-0.1, -0.05) is 30.3 Å². The second-order valence-corrected chi connectivity index (χ2v) is 8.71. The lowest BCUT2D eigenvalue weighted by molar-refractivity contribution is -0.131. The van der Waals surface area contributed by atoms with Crippen molar-refractivity contribution in [3.63, 3.8) is 0 Å². The molecule has 5 rings (SSSR count). The number of hydrogen-bond acceptors (Lipinski definition) is 6. The van der Waals surface area contributed by atoms with Crippen molar-refractivity contribution in [1.29, 1.82) is 0 Å². The molecule has 186 valence electrons. The molecule has 4 aromatic rings. The Kier molecular flexibility index (Phi) is 6.55. The minimum atomic E-state index is -0.996. The van der Waals surface area contributed by atoms with Gasteiger partial charge in [0, 0.05) is 36.8 Å². The molecule has 37 heavy (non-hydrogen) atoms. The number of carbonyl (C=O) groups excluding carboxylic acids is 1. The van der Waals surface area contributed by atoms with E-state index in [0.717, 1.165) is 33.5 Å². The van der Waals surface area contributed by atoms with Gasteiger partial charge in [-0.3, -0.25) is 4.79 Å². The van der Waals surface area contributed by atoms with Crippen LogP contribution in [0.15, 0.2) is 67.0 Å². The van der Waals surface area contributed by atoms with E-state index in [-0.39, 0.29) is 5.91 Å². The molecule has 8 heteroatoms. The van der Waals surface area contributed by atoms with Crippen molar-refractivity contribution >= 4 is 46.0 Å². The second-order valence-electron chi connectivity index (χ2n) is 8.71. The molecule has 0 saturated heterocycles. The van der Waals surface area contributed by atoms with Crippen LogP contribution in [0.4, 0.5) is 17.3 Å². The van der Waals surface area contributed by atoms with Crippen LogP contribution in [0.25, 0.3) is 16.8 Å². The molecule has 0 aliphatic carbocycles. The topological polar surface area (TPSA) is 105 Å². The summed E-state index contributed by atoms with van der Waals surface area (Å²) in [4.78, 5) is 35.2. The number of ether oxygens (including phenoxy) is 1. The second kappa shape index (κ2) is 10.1. The summed E-state index contributed by atoms with van der Waals surface area (Å²) in [6.45, 7) is 4.95. The van der Waals surface area contributed by atoms with Gasteiger partial charge in [-0.05, 0) is 60.2 Å². The van der Waals surface area contributed by atoms with E-state index in [0.29, 0.717) is 48.2 Å². The zero-order valence-electron chi connectivity index (χ0n) is 20.6. The van der Waals surface area contributed by atoms with Crippen molar-refractivity contribution in [2.45, 2.75) is 20.3 Å². The molecule has 0 radical (unpaired) electrons. The number of carboxylic acid groups (broad SMARTS) is 1. The maximum absolute atomic E-state index is 13.1. The summed E-state index contributed by atoms with van der Waals surface area (Å²) in [6.07, 6.45) is 6.77. The Morgan fingerprint density at radius 2 is 1.92 bits per heavy atom. The van der Waals surface area contributed by atoms with E-state index in [9.17, 15) is 9.59 Å². The van der Waals surface area contributed by atoms with E-state index >= 15 is 0 Å². The van der Waals surface area contributed by atoms with Crippen molar-refractivity contribution in [3.8, 4) is 5.75 Å². The largest absolute Gasteiger partial charge is 0.493 e. The fourth-order valence-electron chi connectivity index (χ4n) is 4.52. The molecule has 2 N–H and O–H groups in total. The molecule has 1 amide bonds. The SMILES string of the molecule is CCN1c2ncc(CCOc3cccc4c(/C=C/C(=O)O)cccc34)cc2C(=O)Nc2c(C)ccnc21. The minimum absolute atomic E-state index is 0.213. The smallest absolute Gasteiger partial charge is 0.328 e. The Morgan fingerprint density at radius 1 is 1.11 bits per heavy atom.